The Morgan fingerprint density at radius 1 is 0.868 bits per heavy atom. The molecule has 1 atom stereocenters. The third-order valence-corrected chi connectivity index (χ3v) is 7.39. The number of carbonyl (C=O) groups excluding carboxylic acids is 2. The van der Waals surface area contributed by atoms with Crippen molar-refractivity contribution < 1.29 is 14.3 Å². The molecular weight excluding hydrogens is 472 g/mol. The number of hydrogen-bond acceptors (Lipinski definition) is 3. The third-order valence-electron chi connectivity index (χ3n) is 7.39. The van der Waals surface area contributed by atoms with E-state index in [-0.39, 0.29) is 24.5 Å². The van der Waals surface area contributed by atoms with Crippen LogP contribution in [-0.2, 0) is 29.0 Å². The fourth-order valence-corrected chi connectivity index (χ4v) is 5.04. The van der Waals surface area contributed by atoms with E-state index in [9.17, 15) is 9.59 Å². The molecule has 1 saturated carbocycles. The maximum absolute atomic E-state index is 13.8. The van der Waals surface area contributed by atoms with Gasteiger partial charge in [0, 0.05) is 19.0 Å². The zero-order valence-electron chi connectivity index (χ0n) is 22.7. The molecule has 1 aliphatic rings. The highest BCUT2D eigenvalue weighted by molar-refractivity contribution is 5.88. The second-order valence-corrected chi connectivity index (χ2v) is 10.3. The molecule has 0 saturated heterocycles. The molecule has 0 bridgehead atoms. The van der Waals surface area contributed by atoms with Crippen molar-refractivity contribution in [1.82, 2.24) is 10.2 Å². The maximum Gasteiger partial charge on any atom is 0.261 e. The summed E-state index contributed by atoms with van der Waals surface area (Å²) < 4.78 is 5.91. The van der Waals surface area contributed by atoms with Crippen LogP contribution in [0.5, 0.6) is 5.75 Å². The van der Waals surface area contributed by atoms with E-state index >= 15 is 0 Å². The Labute approximate surface area is 227 Å². The molecule has 0 radical (unpaired) electrons. The van der Waals surface area contributed by atoms with Crippen LogP contribution in [0.15, 0.2) is 78.9 Å². The van der Waals surface area contributed by atoms with Gasteiger partial charge in [-0.25, -0.2) is 0 Å². The van der Waals surface area contributed by atoms with Crippen molar-refractivity contribution in [3.05, 3.63) is 101 Å². The van der Waals surface area contributed by atoms with Gasteiger partial charge in [-0.2, -0.15) is 0 Å². The zero-order valence-corrected chi connectivity index (χ0v) is 22.7. The molecule has 0 aliphatic heterocycles. The van der Waals surface area contributed by atoms with E-state index in [1.165, 1.54) is 12.0 Å². The molecule has 5 nitrogen and oxygen atoms in total. The molecule has 3 aromatic rings. The van der Waals surface area contributed by atoms with Crippen LogP contribution in [0.1, 0.15) is 61.3 Å². The van der Waals surface area contributed by atoms with Crippen LogP contribution in [0.2, 0.25) is 0 Å². The van der Waals surface area contributed by atoms with Gasteiger partial charge in [-0.15, -0.1) is 0 Å². The monoisotopic (exact) mass is 512 g/mol. The van der Waals surface area contributed by atoms with Crippen molar-refractivity contribution in [2.24, 2.45) is 0 Å². The number of amides is 2. The highest BCUT2D eigenvalue weighted by atomic mass is 16.5. The minimum Gasteiger partial charge on any atom is -0.484 e. The number of benzene rings is 3. The Balaban J connectivity index is 1.58. The zero-order chi connectivity index (χ0) is 26.7. The summed E-state index contributed by atoms with van der Waals surface area (Å²) in [7, 11) is 0. The fourth-order valence-electron chi connectivity index (χ4n) is 5.04. The summed E-state index contributed by atoms with van der Waals surface area (Å²) in [5, 5.41) is 3.28. The van der Waals surface area contributed by atoms with E-state index in [2.05, 4.69) is 12.2 Å². The predicted molar refractivity (Wildman–Crippen MR) is 152 cm³/mol. The van der Waals surface area contributed by atoms with Crippen LogP contribution >= 0.6 is 0 Å². The molecule has 1 fully saturated rings. The quantitative estimate of drug-likeness (QED) is 0.342. The molecule has 1 N–H and O–H groups in total. The van der Waals surface area contributed by atoms with Crippen LogP contribution in [0, 0.1) is 6.92 Å². The van der Waals surface area contributed by atoms with Crippen LogP contribution in [0.4, 0.5) is 0 Å². The second-order valence-electron chi connectivity index (χ2n) is 10.3. The van der Waals surface area contributed by atoms with Crippen LogP contribution in [-0.4, -0.2) is 35.4 Å². The molecule has 0 aromatic heterocycles. The van der Waals surface area contributed by atoms with Gasteiger partial charge >= 0.3 is 0 Å². The average molecular weight is 513 g/mol. The smallest absolute Gasteiger partial charge is 0.261 e. The normalized spacial score (nSPS) is 14.5. The number of nitrogens with one attached hydrogen (secondary N) is 1. The summed E-state index contributed by atoms with van der Waals surface area (Å²) in [6.07, 6.45) is 6.85. The fraction of sp³-hybridized carbons (Fsp3) is 0.394. The van der Waals surface area contributed by atoms with Crippen molar-refractivity contribution in [2.45, 2.75) is 77.4 Å². The molecule has 2 amide bonds. The van der Waals surface area contributed by atoms with E-state index in [1.54, 1.807) is 4.90 Å². The molecule has 0 spiro atoms. The molecule has 3 aromatic carbocycles. The first kappa shape index (κ1) is 27.4. The lowest BCUT2D eigenvalue weighted by Gasteiger charge is -2.33. The van der Waals surface area contributed by atoms with E-state index in [1.807, 2.05) is 85.8 Å². The summed E-state index contributed by atoms with van der Waals surface area (Å²) in [5.41, 5.74) is 4.38. The van der Waals surface area contributed by atoms with Crippen molar-refractivity contribution in [2.75, 3.05) is 6.61 Å². The summed E-state index contributed by atoms with van der Waals surface area (Å²) in [6.45, 7) is 4.36. The lowest BCUT2D eigenvalue weighted by Crippen LogP contribution is -2.53. The third kappa shape index (κ3) is 7.95. The van der Waals surface area contributed by atoms with E-state index in [0.717, 1.165) is 48.8 Å². The average Bonchev–Trinajstić information content (AvgIpc) is 2.96. The topological polar surface area (TPSA) is 58.6 Å². The molecule has 4 rings (SSSR count). The van der Waals surface area contributed by atoms with Gasteiger partial charge in [0.2, 0.25) is 5.91 Å². The summed E-state index contributed by atoms with van der Waals surface area (Å²) in [5.74, 6) is 0.357. The molecular formula is C33H40N2O3. The van der Waals surface area contributed by atoms with Crippen molar-refractivity contribution in [1.29, 1.82) is 0 Å². The summed E-state index contributed by atoms with van der Waals surface area (Å²) in [6, 6.07) is 25.4. The number of nitrogens with zero attached hydrogens (tertiary/aromatic N) is 1. The van der Waals surface area contributed by atoms with Gasteiger partial charge in [-0.1, -0.05) is 98.5 Å². The molecule has 1 aliphatic carbocycles. The summed E-state index contributed by atoms with van der Waals surface area (Å²) in [4.78, 5) is 29.3. The van der Waals surface area contributed by atoms with Crippen LogP contribution < -0.4 is 10.1 Å². The molecule has 0 heterocycles. The van der Waals surface area contributed by atoms with Crippen molar-refractivity contribution in [3.8, 4) is 5.75 Å². The Morgan fingerprint density at radius 2 is 1.53 bits per heavy atom. The number of carbonyl (C=O) groups is 2. The highest BCUT2D eigenvalue weighted by Crippen LogP contribution is 2.20. The number of rotatable bonds is 11. The van der Waals surface area contributed by atoms with Crippen molar-refractivity contribution >= 4 is 11.8 Å². The van der Waals surface area contributed by atoms with Crippen molar-refractivity contribution in [3.63, 3.8) is 0 Å². The van der Waals surface area contributed by atoms with Crippen LogP contribution in [0.25, 0.3) is 0 Å². The standard InChI is InChI=1S/C33H40N2O3/c1-3-26-18-20-30(21-19-26)38-24-32(36)35(23-28-16-14-25(2)15-17-28)31(22-27-10-6-4-7-11-27)33(37)34-29-12-8-5-9-13-29/h4,6-7,10-11,14-21,29,31H,3,5,8-9,12-13,22-24H2,1-2H3,(H,34,37)/t31-/m1/s1. The number of ether oxygens (including phenoxy) is 1. The van der Waals surface area contributed by atoms with Gasteiger partial charge < -0.3 is 15.0 Å². The number of hydrogen-bond donors (Lipinski definition) is 1. The maximum atomic E-state index is 13.8. The van der Waals surface area contributed by atoms with E-state index in [0.29, 0.717) is 18.7 Å². The van der Waals surface area contributed by atoms with Crippen LogP contribution in [0.3, 0.4) is 0 Å². The summed E-state index contributed by atoms with van der Waals surface area (Å²) >= 11 is 0. The van der Waals surface area contributed by atoms with Gasteiger partial charge in [0.05, 0.1) is 0 Å². The number of aryl methyl sites for hydroxylation is 2. The SMILES string of the molecule is CCc1ccc(OCC(=O)N(Cc2ccc(C)cc2)[C@H](Cc2ccccc2)C(=O)NC2CCCCC2)cc1. The Morgan fingerprint density at radius 3 is 2.18 bits per heavy atom. The van der Waals surface area contributed by atoms with Gasteiger partial charge in [0.1, 0.15) is 11.8 Å². The minimum absolute atomic E-state index is 0.0893. The molecule has 38 heavy (non-hydrogen) atoms. The minimum atomic E-state index is -0.640. The van der Waals surface area contributed by atoms with Gasteiger partial charge in [0.15, 0.2) is 6.61 Å². The highest BCUT2D eigenvalue weighted by Gasteiger charge is 2.32. The first-order valence-electron chi connectivity index (χ1n) is 13.9. The van der Waals surface area contributed by atoms with E-state index < -0.39 is 6.04 Å². The largest absolute Gasteiger partial charge is 0.484 e. The van der Waals surface area contributed by atoms with Gasteiger partial charge in [-0.05, 0) is 55.0 Å². The molecule has 5 heteroatoms. The first-order valence-corrected chi connectivity index (χ1v) is 13.9. The van der Waals surface area contributed by atoms with E-state index in [4.69, 9.17) is 4.74 Å². The Bertz CT molecular complexity index is 1150. The molecule has 200 valence electrons. The second kappa shape index (κ2) is 13.8. The van der Waals surface area contributed by atoms with Gasteiger partial charge in [-0.3, -0.25) is 9.59 Å². The lowest BCUT2D eigenvalue weighted by atomic mass is 9.94. The Hall–Kier alpha value is -3.60. The predicted octanol–water partition coefficient (Wildman–Crippen LogP) is 6.03. The Kier molecular flexibility index (Phi) is 9.97. The van der Waals surface area contributed by atoms with Gasteiger partial charge in [0.25, 0.3) is 5.91 Å². The first-order chi connectivity index (χ1) is 18.5. The lowest BCUT2D eigenvalue weighted by molar-refractivity contribution is -0.143. The molecule has 0 unspecified atom stereocenters.